The number of hydrogen-bond donors (Lipinski definition) is 1. The van der Waals surface area contributed by atoms with E-state index in [4.69, 9.17) is 23.8 Å². The van der Waals surface area contributed by atoms with Crippen LogP contribution >= 0.6 is 22.9 Å². The van der Waals surface area contributed by atoms with Crippen molar-refractivity contribution in [3.05, 3.63) is 51.7 Å². The van der Waals surface area contributed by atoms with Crippen molar-refractivity contribution in [1.82, 2.24) is 0 Å². The number of carbonyl (C=O) groups excluding carboxylic acids is 2. The van der Waals surface area contributed by atoms with Crippen LogP contribution in [0.4, 0.5) is 5.69 Å². The number of rotatable bonds is 5. The molecular formula is C21H21ClN2O2S. The summed E-state index contributed by atoms with van der Waals surface area (Å²) in [6, 6.07) is 10.5. The third-order valence-electron chi connectivity index (χ3n) is 5.23. The molecule has 3 rings (SSSR count). The summed E-state index contributed by atoms with van der Waals surface area (Å²) in [6.45, 7) is 0. The molecule has 1 saturated carbocycles. The van der Waals surface area contributed by atoms with Gasteiger partial charge in [-0.05, 0) is 60.4 Å². The first kappa shape index (κ1) is 19.5. The summed E-state index contributed by atoms with van der Waals surface area (Å²) in [5.41, 5.74) is 5.23. The molecule has 0 radical (unpaired) electrons. The highest BCUT2D eigenvalue weighted by molar-refractivity contribution is 7.10. The van der Waals surface area contributed by atoms with Crippen molar-refractivity contribution in [1.29, 1.82) is 0 Å². The second-order valence-electron chi connectivity index (χ2n) is 6.70. The molecule has 6 heteroatoms. The molecule has 4 nitrogen and oxygen atoms in total. The molecule has 1 unspecified atom stereocenters. The number of halogens is 1. The predicted molar refractivity (Wildman–Crippen MR) is 110 cm³/mol. The Morgan fingerprint density at radius 2 is 1.85 bits per heavy atom. The lowest BCUT2D eigenvalue weighted by atomic mass is 9.71. The highest BCUT2D eigenvalue weighted by Gasteiger charge is 2.53. The number of nitrogens with zero attached hydrogens (tertiary/aromatic N) is 1. The molecule has 1 aliphatic carbocycles. The van der Waals surface area contributed by atoms with Gasteiger partial charge in [-0.15, -0.1) is 17.8 Å². The van der Waals surface area contributed by atoms with E-state index in [9.17, 15) is 9.59 Å². The van der Waals surface area contributed by atoms with E-state index < -0.39 is 17.4 Å². The Morgan fingerprint density at radius 1 is 1.19 bits per heavy atom. The minimum Gasteiger partial charge on any atom is -0.367 e. The van der Waals surface area contributed by atoms with Gasteiger partial charge in [0.05, 0.1) is 0 Å². The largest absolute Gasteiger partial charge is 0.367 e. The number of terminal acetylenes is 1. The van der Waals surface area contributed by atoms with Gasteiger partial charge in [0.25, 0.3) is 0 Å². The summed E-state index contributed by atoms with van der Waals surface area (Å²) >= 11 is 7.44. The van der Waals surface area contributed by atoms with E-state index >= 15 is 0 Å². The van der Waals surface area contributed by atoms with E-state index in [1.165, 1.54) is 16.2 Å². The third-order valence-corrected chi connectivity index (χ3v) is 6.48. The van der Waals surface area contributed by atoms with Crippen LogP contribution in [0.2, 0.25) is 5.02 Å². The first-order chi connectivity index (χ1) is 13.0. The van der Waals surface area contributed by atoms with E-state index in [0.717, 1.165) is 37.0 Å². The number of amides is 2. The second kappa shape index (κ2) is 8.16. The number of anilines is 1. The van der Waals surface area contributed by atoms with Crippen molar-refractivity contribution in [3.8, 4) is 12.3 Å². The molecule has 1 aromatic heterocycles. The van der Waals surface area contributed by atoms with Crippen LogP contribution in [0.15, 0.2) is 41.8 Å². The van der Waals surface area contributed by atoms with Crippen LogP contribution in [0, 0.1) is 18.3 Å². The Hall–Kier alpha value is -2.29. The zero-order valence-corrected chi connectivity index (χ0v) is 16.4. The normalized spacial score (nSPS) is 16.9. The highest BCUT2D eigenvalue weighted by atomic mass is 35.5. The molecule has 0 saturated heterocycles. The molecule has 2 aromatic rings. The van der Waals surface area contributed by atoms with E-state index in [0.29, 0.717) is 10.7 Å². The number of carbonyl (C=O) groups is 2. The molecule has 2 N–H and O–H groups in total. The minimum absolute atomic E-state index is 0.102. The van der Waals surface area contributed by atoms with E-state index in [1.807, 2.05) is 17.5 Å². The van der Waals surface area contributed by atoms with Gasteiger partial charge in [-0.2, -0.15) is 0 Å². The lowest BCUT2D eigenvalue weighted by molar-refractivity contribution is -0.129. The molecular weight excluding hydrogens is 380 g/mol. The topological polar surface area (TPSA) is 63.4 Å². The number of hydrogen-bond acceptors (Lipinski definition) is 3. The minimum atomic E-state index is -1.31. The highest BCUT2D eigenvalue weighted by Crippen LogP contribution is 2.47. The van der Waals surface area contributed by atoms with Gasteiger partial charge < -0.3 is 5.73 Å². The number of primary amides is 1. The molecule has 0 bridgehead atoms. The Morgan fingerprint density at radius 3 is 2.37 bits per heavy atom. The fourth-order valence-corrected chi connectivity index (χ4v) is 5.20. The van der Waals surface area contributed by atoms with Crippen LogP contribution in [-0.2, 0) is 15.1 Å². The predicted octanol–water partition coefficient (Wildman–Crippen LogP) is 4.33. The van der Waals surface area contributed by atoms with E-state index in [1.54, 1.807) is 24.3 Å². The molecule has 2 amide bonds. The Kier molecular flexibility index (Phi) is 5.88. The lowest BCUT2D eigenvalue weighted by Gasteiger charge is -2.46. The monoisotopic (exact) mass is 400 g/mol. The van der Waals surface area contributed by atoms with Crippen LogP contribution < -0.4 is 10.6 Å². The average molecular weight is 401 g/mol. The maximum atomic E-state index is 13.1. The van der Waals surface area contributed by atoms with Gasteiger partial charge in [-0.1, -0.05) is 36.9 Å². The molecule has 140 valence electrons. The first-order valence-corrected chi connectivity index (χ1v) is 10.2. The molecule has 1 fully saturated rings. The van der Waals surface area contributed by atoms with Gasteiger partial charge in [-0.25, -0.2) is 0 Å². The summed E-state index contributed by atoms with van der Waals surface area (Å²) in [6.07, 6.45) is 10.2. The third kappa shape index (κ3) is 3.47. The molecule has 1 aliphatic rings. The van der Waals surface area contributed by atoms with Gasteiger partial charge in [-0.3, -0.25) is 14.5 Å². The summed E-state index contributed by atoms with van der Waals surface area (Å²) in [5, 5.41) is 2.42. The zero-order chi connectivity index (χ0) is 19.4. The molecule has 1 aromatic carbocycles. The van der Waals surface area contributed by atoms with Crippen molar-refractivity contribution in [3.63, 3.8) is 0 Å². The fourth-order valence-electron chi connectivity index (χ4n) is 4.08. The van der Waals surface area contributed by atoms with Crippen LogP contribution in [0.5, 0.6) is 0 Å². The zero-order valence-electron chi connectivity index (χ0n) is 14.9. The number of benzene rings is 1. The Labute approximate surface area is 168 Å². The number of nitrogens with two attached hydrogens (primary N) is 1. The van der Waals surface area contributed by atoms with Crippen LogP contribution in [0.3, 0.4) is 0 Å². The lowest BCUT2D eigenvalue weighted by Crippen LogP contribution is -2.61. The van der Waals surface area contributed by atoms with E-state index in [-0.39, 0.29) is 5.92 Å². The standard InChI is InChI=1S/C21H21ClN2O2S/c1-2-19(25)24(17-12-10-16(22)11-13-17)21(20(23)26,18-9-6-14-27-18)15-7-4-3-5-8-15/h1,6,9-15H,3-5,7-8H2,(H2,23,26). The molecule has 1 atom stereocenters. The summed E-state index contributed by atoms with van der Waals surface area (Å²) < 4.78 is 0. The van der Waals surface area contributed by atoms with Crippen molar-refractivity contribution < 1.29 is 9.59 Å². The van der Waals surface area contributed by atoms with Crippen LogP contribution in [0.1, 0.15) is 37.0 Å². The Bertz CT molecular complexity index is 851. The summed E-state index contributed by atoms with van der Waals surface area (Å²) in [4.78, 5) is 28.1. The van der Waals surface area contributed by atoms with E-state index in [2.05, 4.69) is 5.92 Å². The molecule has 1 heterocycles. The van der Waals surface area contributed by atoms with Crippen molar-refractivity contribution in [2.75, 3.05) is 4.90 Å². The smallest absolute Gasteiger partial charge is 0.303 e. The van der Waals surface area contributed by atoms with Gasteiger partial charge in [0.1, 0.15) is 0 Å². The molecule has 0 spiro atoms. The quantitative estimate of drug-likeness (QED) is 0.759. The number of thiophene rings is 1. The Balaban J connectivity index is 2.27. The second-order valence-corrected chi connectivity index (χ2v) is 8.09. The molecule has 0 aliphatic heterocycles. The maximum absolute atomic E-state index is 13.1. The molecule has 27 heavy (non-hydrogen) atoms. The van der Waals surface area contributed by atoms with Crippen molar-refractivity contribution >= 4 is 40.4 Å². The van der Waals surface area contributed by atoms with Crippen LogP contribution in [-0.4, -0.2) is 11.8 Å². The van der Waals surface area contributed by atoms with Gasteiger partial charge in [0.15, 0.2) is 5.54 Å². The summed E-state index contributed by atoms with van der Waals surface area (Å²) in [7, 11) is 0. The van der Waals surface area contributed by atoms with Crippen molar-refractivity contribution in [2.24, 2.45) is 11.7 Å². The first-order valence-electron chi connectivity index (χ1n) is 8.92. The van der Waals surface area contributed by atoms with Gasteiger partial charge >= 0.3 is 5.91 Å². The maximum Gasteiger partial charge on any atom is 0.303 e. The SMILES string of the molecule is C#CC(=O)N(c1ccc(Cl)cc1)C(C(N)=O)(c1cccs1)C1CCCCC1. The average Bonchev–Trinajstić information content (AvgIpc) is 3.22. The van der Waals surface area contributed by atoms with Gasteiger partial charge in [0, 0.05) is 15.6 Å². The summed E-state index contributed by atoms with van der Waals surface area (Å²) in [5.74, 6) is 0.941. The van der Waals surface area contributed by atoms with Crippen LogP contribution in [0.25, 0.3) is 0 Å². The van der Waals surface area contributed by atoms with Crippen molar-refractivity contribution in [2.45, 2.75) is 37.6 Å². The van der Waals surface area contributed by atoms with Gasteiger partial charge in [0.2, 0.25) is 5.91 Å². The fraction of sp³-hybridized carbons (Fsp3) is 0.333.